The van der Waals surface area contributed by atoms with Crippen LogP contribution < -0.4 is 15.4 Å². The number of aliphatic hydroxyl groups is 1. The molecule has 0 unspecified atom stereocenters. The average Bonchev–Trinajstić information content (AvgIpc) is 2.87. The molecule has 1 amide bonds. The predicted molar refractivity (Wildman–Crippen MR) is 132 cm³/mol. The zero-order valence-corrected chi connectivity index (χ0v) is 20.1. The van der Waals surface area contributed by atoms with E-state index >= 15 is 0 Å². The van der Waals surface area contributed by atoms with Crippen LogP contribution in [0.3, 0.4) is 0 Å². The number of aliphatic hydroxyl groups excluding tert-OH is 1. The van der Waals surface area contributed by atoms with Gasteiger partial charge in [0.25, 0.3) is 15.9 Å². The largest absolute Gasteiger partial charge is 0.496 e. The summed E-state index contributed by atoms with van der Waals surface area (Å²) in [5.41, 5.74) is 1.33. The van der Waals surface area contributed by atoms with Crippen LogP contribution in [0.1, 0.15) is 28.8 Å². The summed E-state index contributed by atoms with van der Waals surface area (Å²) in [5.74, 6) is 0.00796. The quantitative estimate of drug-likeness (QED) is 0.248. The fourth-order valence-electron chi connectivity index (χ4n) is 4.06. The minimum absolute atomic E-state index is 0.138. The second-order valence-electron chi connectivity index (χ2n) is 8.24. The fraction of sp³-hybridized carbons (Fsp3) is 0.417. The van der Waals surface area contributed by atoms with Crippen LogP contribution in [0.5, 0.6) is 5.75 Å². The van der Waals surface area contributed by atoms with Crippen molar-refractivity contribution in [2.24, 2.45) is 4.40 Å². The van der Waals surface area contributed by atoms with Gasteiger partial charge >= 0.3 is 0 Å². The van der Waals surface area contributed by atoms with E-state index in [1.807, 2.05) is 29.2 Å². The van der Waals surface area contributed by atoms with Crippen LogP contribution in [0, 0.1) is 0 Å². The summed E-state index contributed by atoms with van der Waals surface area (Å²) in [5, 5.41) is 14.5. The Balaban J connectivity index is 1.69. The van der Waals surface area contributed by atoms with E-state index in [4.69, 9.17) is 9.84 Å². The van der Waals surface area contributed by atoms with Gasteiger partial charge in [0.15, 0.2) is 0 Å². The van der Waals surface area contributed by atoms with Crippen LogP contribution in [0.25, 0.3) is 0 Å². The lowest BCUT2D eigenvalue weighted by Crippen LogP contribution is -2.48. The van der Waals surface area contributed by atoms with E-state index < -0.39 is 10.0 Å². The maximum Gasteiger partial charge on any atom is 0.267 e. The Hall–Kier alpha value is -2.95. The third kappa shape index (κ3) is 6.78. The minimum atomic E-state index is -3.66. The number of ether oxygens (including phenoxy) is 1. The monoisotopic (exact) mass is 488 g/mol. The number of nitrogens with zero attached hydrogens (tertiary/aromatic N) is 2. The molecular weight excluding hydrogens is 456 g/mol. The first-order valence-electron chi connectivity index (χ1n) is 11.2. The highest BCUT2D eigenvalue weighted by molar-refractivity contribution is 7.90. The number of sulfonamides is 1. The minimum Gasteiger partial charge on any atom is -0.496 e. The van der Waals surface area contributed by atoms with Crippen LogP contribution in [0.4, 0.5) is 0 Å². The van der Waals surface area contributed by atoms with E-state index in [9.17, 15) is 13.2 Å². The molecule has 10 heteroatoms. The molecule has 1 aliphatic heterocycles. The van der Waals surface area contributed by atoms with Crippen molar-refractivity contribution in [3.8, 4) is 5.75 Å². The summed E-state index contributed by atoms with van der Waals surface area (Å²) < 4.78 is 33.1. The molecule has 0 aliphatic carbocycles. The van der Waals surface area contributed by atoms with E-state index in [0.717, 1.165) is 18.4 Å². The fourth-order valence-corrected chi connectivity index (χ4v) is 4.81. The van der Waals surface area contributed by atoms with Gasteiger partial charge in [-0.1, -0.05) is 42.5 Å². The van der Waals surface area contributed by atoms with Crippen molar-refractivity contribution in [1.29, 1.82) is 0 Å². The third-order valence-corrected chi connectivity index (χ3v) is 7.01. The van der Waals surface area contributed by atoms with Crippen LogP contribution >= 0.6 is 0 Å². The van der Waals surface area contributed by atoms with E-state index in [-0.39, 0.29) is 30.4 Å². The number of carbonyl (C=O) groups excluding carboxylic acids is 1. The summed E-state index contributed by atoms with van der Waals surface area (Å²) >= 11 is 0. The van der Waals surface area contributed by atoms with Crippen molar-refractivity contribution in [1.82, 2.24) is 15.5 Å². The SMILES string of the molecule is COc1ccccc1C(=O)NCC1(c2ccccc2)CCN(/C=N/S(=O)(=O)CNCCO)CC1. The van der Waals surface area contributed by atoms with Gasteiger partial charge in [-0.2, -0.15) is 4.40 Å². The van der Waals surface area contributed by atoms with E-state index in [2.05, 4.69) is 27.2 Å². The van der Waals surface area contributed by atoms with Crippen LogP contribution in [-0.2, 0) is 15.4 Å². The number of carbonyl (C=O) groups is 1. The maximum absolute atomic E-state index is 12.9. The van der Waals surface area contributed by atoms with Crippen LogP contribution in [-0.4, -0.2) is 76.4 Å². The van der Waals surface area contributed by atoms with Gasteiger partial charge < -0.3 is 20.1 Å². The molecule has 9 nitrogen and oxygen atoms in total. The van der Waals surface area contributed by atoms with Crippen LogP contribution in [0.2, 0.25) is 0 Å². The molecule has 3 rings (SSSR count). The molecule has 0 spiro atoms. The first-order chi connectivity index (χ1) is 16.4. The Bertz CT molecular complexity index is 1070. The van der Waals surface area contributed by atoms with Crippen molar-refractivity contribution in [2.45, 2.75) is 18.3 Å². The Morgan fingerprint density at radius 3 is 2.50 bits per heavy atom. The molecule has 0 aromatic heterocycles. The first kappa shape index (κ1) is 25.7. The summed E-state index contributed by atoms with van der Waals surface area (Å²) in [7, 11) is -2.12. The number of likely N-dealkylation sites (tertiary alicyclic amines) is 1. The van der Waals surface area contributed by atoms with E-state index in [1.165, 1.54) is 13.4 Å². The highest BCUT2D eigenvalue weighted by Crippen LogP contribution is 2.35. The molecule has 184 valence electrons. The number of amides is 1. The topological polar surface area (TPSA) is 120 Å². The van der Waals surface area contributed by atoms with Crippen molar-refractivity contribution in [3.63, 3.8) is 0 Å². The molecule has 0 bridgehead atoms. The van der Waals surface area contributed by atoms with Gasteiger partial charge in [0.2, 0.25) is 0 Å². The van der Waals surface area contributed by atoms with Gasteiger partial charge in [-0.25, -0.2) is 8.42 Å². The number of methoxy groups -OCH3 is 1. The second-order valence-corrected chi connectivity index (χ2v) is 9.90. The Morgan fingerprint density at radius 1 is 1.15 bits per heavy atom. The number of hydrogen-bond acceptors (Lipinski definition) is 6. The molecule has 1 heterocycles. The van der Waals surface area contributed by atoms with Gasteiger partial charge in [-0.05, 0) is 30.5 Å². The number of piperidine rings is 1. The predicted octanol–water partition coefficient (Wildman–Crippen LogP) is 1.36. The molecule has 0 radical (unpaired) electrons. The molecule has 2 aromatic rings. The highest BCUT2D eigenvalue weighted by atomic mass is 32.2. The van der Waals surface area contributed by atoms with Crippen molar-refractivity contribution < 1.29 is 23.1 Å². The van der Waals surface area contributed by atoms with Gasteiger partial charge in [0.1, 0.15) is 18.0 Å². The van der Waals surface area contributed by atoms with E-state index in [1.54, 1.807) is 18.2 Å². The van der Waals surface area contributed by atoms with Gasteiger partial charge in [0, 0.05) is 31.6 Å². The normalized spacial score (nSPS) is 15.9. The second kappa shape index (κ2) is 12.0. The lowest BCUT2D eigenvalue weighted by Gasteiger charge is -2.42. The first-order valence-corrected chi connectivity index (χ1v) is 12.8. The highest BCUT2D eigenvalue weighted by Gasteiger charge is 2.36. The zero-order valence-electron chi connectivity index (χ0n) is 19.3. The molecule has 3 N–H and O–H groups in total. The summed E-state index contributed by atoms with van der Waals surface area (Å²) in [6.45, 7) is 1.70. The third-order valence-electron chi connectivity index (χ3n) is 6.02. The van der Waals surface area contributed by atoms with E-state index in [0.29, 0.717) is 30.9 Å². The number of rotatable bonds is 11. The van der Waals surface area contributed by atoms with Crippen molar-refractivity contribution in [2.75, 3.05) is 45.8 Å². The smallest absolute Gasteiger partial charge is 0.267 e. The Labute approximate surface area is 200 Å². The molecule has 1 fully saturated rings. The van der Waals surface area contributed by atoms with Gasteiger partial charge in [-0.15, -0.1) is 0 Å². The summed E-state index contributed by atoms with van der Waals surface area (Å²) in [6.07, 6.45) is 2.81. The Morgan fingerprint density at radius 2 is 1.82 bits per heavy atom. The van der Waals surface area contributed by atoms with Crippen LogP contribution in [0.15, 0.2) is 59.0 Å². The number of hydrogen-bond donors (Lipinski definition) is 3. The Kier molecular flexibility index (Phi) is 9.03. The number of nitrogens with one attached hydrogen (secondary N) is 2. The van der Waals surface area contributed by atoms with Gasteiger partial charge in [0.05, 0.1) is 19.3 Å². The van der Waals surface area contributed by atoms with Crippen molar-refractivity contribution in [3.05, 3.63) is 65.7 Å². The van der Waals surface area contributed by atoms with Gasteiger partial charge in [-0.3, -0.25) is 10.1 Å². The molecule has 34 heavy (non-hydrogen) atoms. The molecule has 1 saturated heterocycles. The molecule has 1 aliphatic rings. The summed E-state index contributed by atoms with van der Waals surface area (Å²) in [4.78, 5) is 14.8. The average molecular weight is 489 g/mol. The molecule has 0 saturated carbocycles. The standard InChI is InChI=1S/C24H32N4O5S/c1-33-22-10-6-5-9-21(22)23(30)26-17-24(20-7-3-2-4-8-20)11-14-28(15-12-24)18-27-34(31,32)19-25-13-16-29/h2-10,18,25,29H,11-17,19H2,1H3,(H,26,30)/b27-18+. The molecule has 0 atom stereocenters. The lowest BCUT2D eigenvalue weighted by molar-refractivity contribution is 0.0929. The number of benzene rings is 2. The maximum atomic E-state index is 12.9. The molecular formula is C24H32N4O5S. The van der Waals surface area contributed by atoms with Crippen molar-refractivity contribution >= 4 is 22.3 Å². The summed E-state index contributed by atoms with van der Waals surface area (Å²) in [6, 6.07) is 17.2. The zero-order chi connectivity index (χ0) is 24.4. The molecule has 2 aromatic carbocycles. The number of para-hydroxylation sites is 1. The lowest BCUT2D eigenvalue weighted by atomic mass is 9.72.